The first-order valence-electron chi connectivity index (χ1n) is 12.7. The van der Waals surface area contributed by atoms with Crippen molar-refractivity contribution in [1.29, 1.82) is 0 Å². The van der Waals surface area contributed by atoms with Crippen molar-refractivity contribution in [3.8, 4) is 5.75 Å². The maximum Gasteiger partial charge on any atom is 0.255 e. The van der Waals surface area contributed by atoms with E-state index in [0.29, 0.717) is 11.5 Å². The smallest absolute Gasteiger partial charge is 0.255 e. The Balaban J connectivity index is 1.46. The second-order valence-corrected chi connectivity index (χ2v) is 10.3. The van der Waals surface area contributed by atoms with Crippen molar-refractivity contribution in [3.63, 3.8) is 0 Å². The van der Waals surface area contributed by atoms with Gasteiger partial charge in [-0.15, -0.1) is 0 Å². The maximum atomic E-state index is 13.0. The van der Waals surface area contributed by atoms with Crippen molar-refractivity contribution in [1.82, 2.24) is 14.8 Å². The van der Waals surface area contributed by atoms with E-state index in [1.54, 1.807) is 12.4 Å². The van der Waals surface area contributed by atoms with Crippen LogP contribution in [-0.2, 0) is 6.42 Å². The van der Waals surface area contributed by atoms with Crippen molar-refractivity contribution < 1.29 is 9.53 Å². The van der Waals surface area contributed by atoms with Crippen molar-refractivity contribution in [2.45, 2.75) is 52.4 Å². The third kappa shape index (κ3) is 6.35. The van der Waals surface area contributed by atoms with Gasteiger partial charge in [-0.2, -0.15) is 0 Å². The summed E-state index contributed by atoms with van der Waals surface area (Å²) in [5, 5.41) is 0. The van der Waals surface area contributed by atoms with Crippen molar-refractivity contribution in [2.75, 3.05) is 39.3 Å². The second kappa shape index (κ2) is 11.1. The Morgan fingerprint density at radius 2 is 1.88 bits per heavy atom. The second-order valence-electron chi connectivity index (χ2n) is 10.3. The quantitative estimate of drug-likeness (QED) is 0.657. The van der Waals surface area contributed by atoms with Crippen LogP contribution in [0.4, 0.5) is 0 Å². The first-order valence-corrected chi connectivity index (χ1v) is 12.7. The summed E-state index contributed by atoms with van der Waals surface area (Å²) in [4.78, 5) is 21.7. The molecule has 1 aromatic heterocycles. The number of ether oxygens (including phenoxy) is 1. The lowest BCUT2D eigenvalue weighted by molar-refractivity contribution is 0.0354. The minimum absolute atomic E-state index is 0.121. The molecule has 3 heterocycles. The highest BCUT2D eigenvalue weighted by Crippen LogP contribution is 2.39. The number of fused-ring (bicyclic) bond motifs is 1. The van der Waals surface area contributed by atoms with E-state index in [1.165, 1.54) is 24.8 Å². The molecule has 5 nitrogen and oxygen atoms in total. The number of hydrogen-bond acceptors (Lipinski definition) is 4. The third-order valence-corrected chi connectivity index (χ3v) is 7.24. The van der Waals surface area contributed by atoms with Gasteiger partial charge in [0.05, 0.1) is 5.56 Å². The summed E-state index contributed by atoms with van der Waals surface area (Å²) < 4.78 is 6.24. The Labute approximate surface area is 199 Å². The molecule has 2 aromatic rings. The van der Waals surface area contributed by atoms with E-state index in [0.717, 1.165) is 64.3 Å². The summed E-state index contributed by atoms with van der Waals surface area (Å²) in [6.45, 7) is 10.1. The van der Waals surface area contributed by atoms with Crippen LogP contribution in [0.1, 0.15) is 61.9 Å². The Morgan fingerprint density at radius 3 is 2.64 bits per heavy atom. The van der Waals surface area contributed by atoms with E-state index in [-0.39, 0.29) is 11.3 Å². The number of aryl methyl sites for hydroxylation is 1. The van der Waals surface area contributed by atoms with E-state index in [9.17, 15) is 4.79 Å². The van der Waals surface area contributed by atoms with Gasteiger partial charge in [-0.1, -0.05) is 38.5 Å². The van der Waals surface area contributed by atoms with Crippen LogP contribution in [0.5, 0.6) is 5.75 Å². The number of piperidine rings is 1. The summed E-state index contributed by atoms with van der Waals surface area (Å²) in [7, 11) is 0. The molecular formula is C28H39N3O2. The monoisotopic (exact) mass is 449 g/mol. The van der Waals surface area contributed by atoms with Crippen LogP contribution < -0.4 is 4.74 Å². The van der Waals surface area contributed by atoms with Crippen LogP contribution in [0.25, 0.3) is 0 Å². The molecular weight excluding hydrogens is 410 g/mol. The summed E-state index contributed by atoms with van der Waals surface area (Å²) in [5.74, 6) is 1.80. The molecule has 0 N–H and O–H groups in total. The predicted octanol–water partition coefficient (Wildman–Crippen LogP) is 5.07. The Bertz CT molecular complexity index is 891. The Kier molecular flexibility index (Phi) is 8.02. The molecule has 5 heteroatoms. The number of aromatic nitrogens is 1. The van der Waals surface area contributed by atoms with Crippen LogP contribution >= 0.6 is 0 Å². The maximum absolute atomic E-state index is 13.0. The number of pyridine rings is 1. The highest BCUT2D eigenvalue weighted by atomic mass is 16.5. The number of amides is 1. The zero-order valence-electron chi connectivity index (χ0n) is 20.3. The minimum atomic E-state index is 0.121. The lowest BCUT2D eigenvalue weighted by atomic mass is 9.73. The molecule has 0 atom stereocenters. The van der Waals surface area contributed by atoms with Gasteiger partial charge in [-0.25, -0.2) is 0 Å². The molecule has 1 spiro atoms. The average molecular weight is 450 g/mol. The first-order chi connectivity index (χ1) is 16.0. The normalized spacial score (nSPS) is 19.9. The van der Waals surface area contributed by atoms with Crippen molar-refractivity contribution in [3.05, 3.63) is 59.9 Å². The first kappa shape index (κ1) is 23.7. The molecule has 1 saturated heterocycles. The van der Waals surface area contributed by atoms with Crippen LogP contribution in [0.15, 0.2) is 48.8 Å². The molecule has 0 aliphatic carbocycles. The highest BCUT2D eigenvalue weighted by molar-refractivity contribution is 5.93. The number of rotatable bonds is 3. The van der Waals surface area contributed by atoms with Gasteiger partial charge in [0.1, 0.15) is 12.4 Å². The van der Waals surface area contributed by atoms with Gasteiger partial charge in [-0.05, 0) is 67.2 Å². The summed E-state index contributed by atoms with van der Waals surface area (Å²) >= 11 is 0. The van der Waals surface area contributed by atoms with Crippen LogP contribution in [0, 0.1) is 11.3 Å². The molecule has 2 aliphatic rings. The number of nitrogens with zero attached hydrogens (tertiary/aromatic N) is 3. The van der Waals surface area contributed by atoms with Crippen LogP contribution in [0.3, 0.4) is 0 Å². The van der Waals surface area contributed by atoms with E-state index in [2.05, 4.69) is 48.0 Å². The number of carbonyl (C=O) groups is 1. The molecule has 2 aliphatic heterocycles. The zero-order valence-corrected chi connectivity index (χ0v) is 20.3. The number of carbonyl (C=O) groups excluding carboxylic acids is 1. The zero-order chi connectivity index (χ0) is 23.1. The molecule has 33 heavy (non-hydrogen) atoms. The summed E-state index contributed by atoms with van der Waals surface area (Å²) in [6.07, 6.45) is 10.3. The molecule has 0 saturated carbocycles. The molecule has 1 aromatic carbocycles. The number of hydrogen-bond donors (Lipinski definition) is 0. The largest absolute Gasteiger partial charge is 0.492 e. The van der Waals surface area contributed by atoms with E-state index in [1.807, 2.05) is 17.0 Å². The molecule has 0 bridgehead atoms. The molecule has 1 amide bonds. The fraction of sp³-hybridized carbons (Fsp3) is 0.571. The van der Waals surface area contributed by atoms with Crippen molar-refractivity contribution in [2.24, 2.45) is 11.3 Å². The Morgan fingerprint density at radius 1 is 1.06 bits per heavy atom. The SMILES string of the molecule is CC(C)CN1CCOc2ccccc2CCCCC2(CCN(C(=O)c3cccnc3)CC2)C1. The van der Waals surface area contributed by atoms with E-state index in [4.69, 9.17) is 4.74 Å². The van der Waals surface area contributed by atoms with Gasteiger partial charge < -0.3 is 9.64 Å². The fourth-order valence-electron chi connectivity index (χ4n) is 5.52. The molecule has 178 valence electrons. The lowest BCUT2D eigenvalue weighted by Crippen LogP contribution is -2.49. The van der Waals surface area contributed by atoms with Gasteiger partial charge in [0.15, 0.2) is 0 Å². The van der Waals surface area contributed by atoms with Crippen molar-refractivity contribution >= 4 is 5.91 Å². The number of benzene rings is 1. The standard InChI is InChI=1S/C28H39N3O2/c1-23(2)21-30-18-19-33-26-11-4-3-8-24(26)9-5-6-12-28(22-30)13-16-31(17-14-28)27(32)25-10-7-15-29-20-25/h3-4,7-8,10-11,15,20,23H,5-6,9,12-14,16-19,21-22H2,1-2H3. The fourth-order valence-corrected chi connectivity index (χ4v) is 5.52. The predicted molar refractivity (Wildman–Crippen MR) is 133 cm³/mol. The lowest BCUT2D eigenvalue weighted by Gasteiger charge is -2.45. The average Bonchev–Trinajstić information content (AvgIpc) is 2.82. The van der Waals surface area contributed by atoms with Gasteiger partial charge in [0.2, 0.25) is 0 Å². The summed E-state index contributed by atoms with van der Waals surface area (Å²) in [6, 6.07) is 12.2. The van der Waals surface area contributed by atoms with Gasteiger partial charge in [0.25, 0.3) is 5.91 Å². The van der Waals surface area contributed by atoms with Gasteiger partial charge in [0, 0.05) is 45.1 Å². The number of likely N-dealkylation sites (tertiary alicyclic amines) is 1. The Hall–Kier alpha value is -2.40. The molecule has 0 radical (unpaired) electrons. The van der Waals surface area contributed by atoms with Crippen LogP contribution in [0.2, 0.25) is 0 Å². The third-order valence-electron chi connectivity index (χ3n) is 7.24. The highest BCUT2D eigenvalue weighted by Gasteiger charge is 2.37. The van der Waals surface area contributed by atoms with E-state index >= 15 is 0 Å². The van der Waals surface area contributed by atoms with Gasteiger partial charge in [-0.3, -0.25) is 14.7 Å². The minimum Gasteiger partial charge on any atom is -0.492 e. The molecule has 1 fully saturated rings. The van der Waals surface area contributed by atoms with Gasteiger partial charge >= 0.3 is 0 Å². The topological polar surface area (TPSA) is 45.7 Å². The number of para-hydroxylation sites is 1. The molecule has 4 rings (SSSR count). The van der Waals surface area contributed by atoms with E-state index < -0.39 is 0 Å². The molecule has 0 unspecified atom stereocenters. The van der Waals surface area contributed by atoms with Crippen LogP contribution in [-0.4, -0.2) is 60.0 Å². The summed E-state index contributed by atoms with van der Waals surface area (Å²) in [5.41, 5.74) is 2.31.